The van der Waals surface area contributed by atoms with Crippen molar-refractivity contribution < 1.29 is 9.47 Å². The average Bonchev–Trinajstić information content (AvgIpc) is 2.71. The van der Waals surface area contributed by atoms with Gasteiger partial charge < -0.3 is 14.8 Å². The normalized spacial score (nSPS) is 18.2. The second-order valence-corrected chi connectivity index (χ2v) is 8.90. The van der Waals surface area contributed by atoms with E-state index in [9.17, 15) is 0 Å². The Bertz CT molecular complexity index is 1190. The first-order valence-electron chi connectivity index (χ1n) is 10.4. The monoisotopic (exact) mass is 397 g/mol. The molecule has 3 nitrogen and oxygen atoms in total. The Morgan fingerprint density at radius 3 is 2.57 bits per heavy atom. The number of benzene rings is 3. The summed E-state index contributed by atoms with van der Waals surface area (Å²) in [5.74, 6) is 1.72. The van der Waals surface area contributed by atoms with Gasteiger partial charge in [0.05, 0.1) is 12.6 Å². The summed E-state index contributed by atoms with van der Waals surface area (Å²) < 4.78 is 12.2. The van der Waals surface area contributed by atoms with Crippen LogP contribution in [-0.4, -0.2) is 12.6 Å². The SMILES string of the molecule is COc1ccc2c(c1)-c1ccc3c(c1[C@@H](c1cccc(C)c1)O2)C(C)=CC(C)(C)N3. The molecule has 0 bridgehead atoms. The second-order valence-electron chi connectivity index (χ2n) is 8.90. The summed E-state index contributed by atoms with van der Waals surface area (Å²) in [4.78, 5) is 0. The van der Waals surface area contributed by atoms with Crippen LogP contribution < -0.4 is 14.8 Å². The molecule has 0 saturated heterocycles. The van der Waals surface area contributed by atoms with E-state index in [0.29, 0.717) is 0 Å². The molecule has 0 aromatic heterocycles. The number of nitrogens with one attached hydrogen (secondary N) is 1. The predicted molar refractivity (Wildman–Crippen MR) is 123 cm³/mol. The lowest BCUT2D eigenvalue weighted by Gasteiger charge is -2.37. The van der Waals surface area contributed by atoms with Gasteiger partial charge in [-0.2, -0.15) is 0 Å². The average molecular weight is 398 g/mol. The van der Waals surface area contributed by atoms with Crippen molar-refractivity contribution in [1.82, 2.24) is 0 Å². The minimum Gasteiger partial charge on any atom is -0.497 e. The van der Waals surface area contributed by atoms with Gasteiger partial charge in [-0.1, -0.05) is 42.0 Å². The quantitative estimate of drug-likeness (QED) is 0.518. The van der Waals surface area contributed by atoms with Gasteiger partial charge in [-0.25, -0.2) is 0 Å². The fourth-order valence-corrected chi connectivity index (χ4v) is 4.86. The molecule has 0 aliphatic carbocycles. The van der Waals surface area contributed by atoms with Gasteiger partial charge in [-0.05, 0) is 68.7 Å². The van der Waals surface area contributed by atoms with E-state index in [4.69, 9.17) is 9.47 Å². The topological polar surface area (TPSA) is 30.5 Å². The van der Waals surface area contributed by atoms with Crippen molar-refractivity contribution in [2.75, 3.05) is 12.4 Å². The van der Waals surface area contributed by atoms with E-state index in [0.717, 1.165) is 22.7 Å². The maximum atomic E-state index is 6.65. The fourth-order valence-electron chi connectivity index (χ4n) is 4.86. The van der Waals surface area contributed by atoms with E-state index in [1.165, 1.54) is 33.4 Å². The molecule has 2 heterocycles. The Morgan fingerprint density at radius 1 is 0.967 bits per heavy atom. The third kappa shape index (κ3) is 2.97. The first kappa shape index (κ1) is 18.8. The second kappa shape index (κ2) is 6.66. The molecular formula is C27H27NO2. The van der Waals surface area contributed by atoms with Crippen molar-refractivity contribution >= 4 is 11.3 Å². The zero-order chi connectivity index (χ0) is 21.0. The van der Waals surface area contributed by atoms with Gasteiger partial charge in [-0.15, -0.1) is 0 Å². The lowest BCUT2D eigenvalue weighted by atomic mass is 9.80. The molecule has 1 atom stereocenters. The molecule has 5 rings (SSSR count). The van der Waals surface area contributed by atoms with Gasteiger partial charge in [-0.3, -0.25) is 0 Å². The summed E-state index contributed by atoms with van der Waals surface area (Å²) in [5.41, 5.74) is 9.49. The van der Waals surface area contributed by atoms with Crippen molar-refractivity contribution in [2.45, 2.75) is 39.3 Å². The molecule has 0 amide bonds. The van der Waals surface area contributed by atoms with Crippen molar-refractivity contribution in [3.05, 3.63) is 82.9 Å². The lowest BCUT2D eigenvalue weighted by molar-refractivity contribution is 0.243. The number of anilines is 1. The molecule has 2 aliphatic heterocycles. The predicted octanol–water partition coefficient (Wildman–Crippen LogP) is 6.76. The zero-order valence-electron chi connectivity index (χ0n) is 18.2. The van der Waals surface area contributed by atoms with Crippen molar-refractivity contribution in [3.8, 4) is 22.6 Å². The van der Waals surface area contributed by atoms with Gasteiger partial charge in [0.25, 0.3) is 0 Å². The first-order chi connectivity index (χ1) is 14.4. The van der Waals surface area contributed by atoms with Gasteiger partial charge in [0.15, 0.2) is 6.10 Å². The van der Waals surface area contributed by atoms with E-state index in [2.05, 4.69) is 81.6 Å². The molecule has 2 aliphatic rings. The highest BCUT2D eigenvalue weighted by atomic mass is 16.5. The van der Waals surface area contributed by atoms with E-state index in [-0.39, 0.29) is 11.6 Å². The molecule has 0 unspecified atom stereocenters. The van der Waals surface area contributed by atoms with Crippen LogP contribution in [0, 0.1) is 6.92 Å². The third-order valence-electron chi connectivity index (χ3n) is 6.00. The highest BCUT2D eigenvalue weighted by molar-refractivity contribution is 5.90. The van der Waals surface area contributed by atoms with Crippen LogP contribution >= 0.6 is 0 Å². The van der Waals surface area contributed by atoms with Crippen LogP contribution in [0.5, 0.6) is 11.5 Å². The van der Waals surface area contributed by atoms with Crippen LogP contribution in [0.4, 0.5) is 5.69 Å². The minimum absolute atomic E-state index is 0.0825. The largest absolute Gasteiger partial charge is 0.497 e. The number of methoxy groups -OCH3 is 1. The van der Waals surface area contributed by atoms with Crippen LogP contribution in [-0.2, 0) is 0 Å². The molecular weight excluding hydrogens is 370 g/mol. The maximum Gasteiger partial charge on any atom is 0.150 e. The molecule has 152 valence electrons. The van der Waals surface area contributed by atoms with E-state index in [1.54, 1.807) is 7.11 Å². The van der Waals surface area contributed by atoms with Crippen LogP contribution in [0.2, 0.25) is 0 Å². The van der Waals surface area contributed by atoms with Gasteiger partial charge in [0.1, 0.15) is 11.5 Å². The number of ether oxygens (including phenoxy) is 2. The highest BCUT2D eigenvalue weighted by Crippen LogP contribution is 2.51. The standard InChI is InChI=1S/C27H27NO2/c1-16-7-6-8-18(13-16)26-25-20(21-14-19(29-5)9-12-23(21)30-26)10-11-22-24(25)17(2)15-27(3,4)28-22/h6-15,26,28H,1-5H3/t26-/m1/s1. The van der Waals surface area contributed by atoms with Crippen LogP contribution in [0.25, 0.3) is 16.7 Å². The number of allylic oxidation sites excluding steroid dienone is 1. The lowest BCUT2D eigenvalue weighted by Crippen LogP contribution is -2.32. The Morgan fingerprint density at radius 2 is 1.80 bits per heavy atom. The molecule has 0 radical (unpaired) electrons. The number of hydrogen-bond acceptors (Lipinski definition) is 3. The zero-order valence-corrected chi connectivity index (χ0v) is 18.2. The van der Waals surface area contributed by atoms with E-state index >= 15 is 0 Å². The summed E-state index contributed by atoms with van der Waals surface area (Å²) in [6.45, 7) is 8.74. The summed E-state index contributed by atoms with van der Waals surface area (Å²) in [7, 11) is 1.70. The van der Waals surface area contributed by atoms with Crippen LogP contribution in [0.1, 0.15) is 49.1 Å². The molecule has 3 aromatic rings. The number of hydrogen-bond donors (Lipinski definition) is 1. The van der Waals surface area contributed by atoms with Crippen molar-refractivity contribution in [3.63, 3.8) is 0 Å². The van der Waals surface area contributed by atoms with E-state index in [1.807, 2.05) is 12.1 Å². The van der Waals surface area contributed by atoms with Crippen molar-refractivity contribution in [2.24, 2.45) is 0 Å². The molecule has 30 heavy (non-hydrogen) atoms. The number of rotatable bonds is 2. The van der Waals surface area contributed by atoms with Gasteiger partial charge in [0.2, 0.25) is 0 Å². The summed E-state index contributed by atoms with van der Waals surface area (Å²) in [6, 6.07) is 19.1. The Kier molecular flexibility index (Phi) is 4.18. The number of fused-ring (bicyclic) bond motifs is 5. The van der Waals surface area contributed by atoms with Gasteiger partial charge >= 0.3 is 0 Å². The smallest absolute Gasteiger partial charge is 0.150 e. The summed E-state index contributed by atoms with van der Waals surface area (Å²) >= 11 is 0. The van der Waals surface area contributed by atoms with Gasteiger partial charge in [0, 0.05) is 22.4 Å². The van der Waals surface area contributed by atoms with Crippen molar-refractivity contribution in [1.29, 1.82) is 0 Å². The van der Waals surface area contributed by atoms with Crippen LogP contribution in [0.3, 0.4) is 0 Å². The molecule has 3 aromatic carbocycles. The Hall–Kier alpha value is -3.20. The number of aryl methyl sites for hydroxylation is 1. The Balaban J connectivity index is 1.81. The van der Waals surface area contributed by atoms with E-state index < -0.39 is 0 Å². The Labute approximate surface area is 178 Å². The summed E-state index contributed by atoms with van der Waals surface area (Å²) in [6.07, 6.45) is 2.14. The molecule has 0 saturated carbocycles. The third-order valence-corrected chi connectivity index (χ3v) is 6.00. The maximum absolute atomic E-state index is 6.65. The molecule has 3 heteroatoms. The van der Waals surface area contributed by atoms with Crippen LogP contribution in [0.15, 0.2) is 60.7 Å². The minimum atomic E-state index is -0.165. The highest BCUT2D eigenvalue weighted by Gasteiger charge is 2.34. The molecule has 1 N–H and O–H groups in total. The molecule has 0 spiro atoms. The molecule has 0 fully saturated rings. The first-order valence-corrected chi connectivity index (χ1v) is 10.4. The summed E-state index contributed by atoms with van der Waals surface area (Å²) in [5, 5.41) is 3.69. The fraction of sp³-hybridized carbons (Fsp3) is 0.259.